The van der Waals surface area contributed by atoms with E-state index in [2.05, 4.69) is 63.0 Å². The zero-order valence-corrected chi connectivity index (χ0v) is 17.1. The van der Waals surface area contributed by atoms with E-state index in [1.807, 2.05) is 11.8 Å². The monoisotopic (exact) mass is 396 g/mol. The number of hydrogen-bond donors (Lipinski definition) is 1. The molecule has 0 saturated heterocycles. The molecule has 0 radical (unpaired) electrons. The number of aryl methyl sites for hydroxylation is 2. The van der Waals surface area contributed by atoms with E-state index >= 15 is 0 Å². The van der Waals surface area contributed by atoms with Crippen LogP contribution in [-0.2, 0) is 19.4 Å². The summed E-state index contributed by atoms with van der Waals surface area (Å²) in [4.78, 5) is 23.1. The molecule has 1 amide bonds. The van der Waals surface area contributed by atoms with E-state index in [4.69, 9.17) is 0 Å². The number of imidazole rings is 1. The number of aromatic amines is 1. The van der Waals surface area contributed by atoms with Gasteiger partial charge in [-0.3, -0.25) is 4.79 Å². The minimum Gasteiger partial charge on any atom is -0.348 e. The van der Waals surface area contributed by atoms with Crippen LogP contribution in [-0.4, -0.2) is 31.7 Å². The van der Waals surface area contributed by atoms with E-state index in [0.29, 0.717) is 12.5 Å². The molecule has 1 N–H and O–H groups in total. The van der Waals surface area contributed by atoms with Crippen LogP contribution in [0.25, 0.3) is 5.52 Å². The molecule has 5 heteroatoms. The second kappa shape index (κ2) is 6.59. The Morgan fingerprint density at radius 2 is 2.00 bits per heavy atom. The maximum atomic E-state index is 13.6. The first kappa shape index (κ1) is 17.5. The molecule has 1 aliphatic heterocycles. The first-order chi connectivity index (χ1) is 14.7. The Balaban J connectivity index is 1.50. The molecule has 4 aromatic rings. The van der Waals surface area contributed by atoms with Crippen LogP contribution in [0.3, 0.4) is 0 Å². The third kappa shape index (κ3) is 2.48. The number of hydrogen-bond acceptors (Lipinski definition) is 2. The number of pyridine rings is 1. The predicted molar refractivity (Wildman–Crippen MR) is 116 cm³/mol. The summed E-state index contributed by atoms with van der Waals surface area (Å²) in [7, 11) is 0. The number of benzene rings is 1. The summed E-state index contributed by atoms with van der Waals surface area (Å²) in [6.07, 6.45) is 6.80. The Kier molecular flexibility index (Phi) is 3.85. The van der Waals surface area contributed by atoms with E-state index < -0.39 is 0 Å². The van der Waals surface area contributed by atoms with Crippen LogP contribution in [0.4, 0.5) is 0 Å². The SMILES string of the molecule is Cc1[nH]cnc1CN1CCc2c3c4c(cccn4c2C1=O)CCC3c1ccccc1. The molecule has 0 spiro atoms. The largest absolute Gasteiger partial charge is 0.348 e. The number of carbonyl (C=O) groups excluding carboxylic acids is 1. The van der Waals surface area contributed by atoms with Gasteiger partial charge < -0.3 is 14.3 Å². The molecule has 2 aliphatic rings. The van der Waals surface area contributed by atoms with Crippen molar-refractivity contribution >= 4 is 11.4 Å². The summed E-state index contributed by atoms with van der Waals surface area (Å²) in [5.41, 5.74) is 9.41. The van der Waals surface area contributed by atoms with Gasteiger partial charge in [-0.2, -0.15) is 0 Å². The molecule has 150 valence electrons. The van der Waals surface area contributed by atoms with Crippen molar-refractivity contribution in [3.63, 3.8) is 0 Å². The first-order valence-electron chi connectivity index (χ1n) is 10.7. The maximum absolute atomic E-state index is 13.6. The second-order valence-corrected chi connectivity index (χ2v) is 8.45. The van der Waals surface area contributed by atoms with Gasteiger partial charge in [-0.25, -0.2) is 4.98 Å². The van der Waals surface area contributed by atoms with Gasteiger partial charge in [0.15, 0.2) is 0 Å². The fourth-order valence-electron chi connectivity index (χ4n) is 5.36. The summed E-state index contributed by atoms with van der Waals surface area (Å²) in [5, 5.41) is 0. The van der Waals surface area contributed by atoms with Gasteiger partial charge in [0.2, 0.25) is 0 Å². The van der Waals surface area contributed by atoms with Crippen molar-refractivity contribution in [1.29, 1.82) is 0 Å². The number of carbonyl (C=O) groups is 1. The Labute approximate surface area is 175 Å². The molecule has 1 aliphatic carbocycles. The van der Waals surface area contributed by atoms with Gasteiger partial charge in [-0.1, -0.05) is 36.4 Å². The van der Waals surface area contributed by atoms with Crippen LogP contribution < -0.4 is 0 Å². The fourth-order valence-corrected chi connectivity index (χ4v) is 5.36. The van der Waals surface area contributed by atoms with Crippen LogP contribution in [0.2, 0.25) is 0 Å². The van der Waals surface area contributed by atoms with Crippen molar-refractivity contribution in [1.82, 2.24) is 19.3 Å². The Morgan fingerprint density at radius 3 is 2.80 bits per heavy atom. The molecule has 0 saturated carbocycles. The van der Waals surface area contributed by atoms with Crippen molar-refractivity contribution in [3.8, 4) is 0 Å². The standard InChI is InChI=1S/C25H24N4O/c1-16-21(27-15-26-16)14-28-13-11-20-22-19(17-6-3-2-4-7-17)10-9-18-8-5-12-29(23(18)22)24(20)25(28)30/h2-8,12,15,19H,9-11,13-14H2,1H3,(H,26,27). The molecular formula is C25H24N4O. The number of aromatic nitrogens is 3. The van der Waals surface area contributed by atoms with Crippen molar-refractivity contribution in [2.45, 2.75) is 38.6 Å². The highest BCUT2D eigenvalue weighted by molar-refractivity contribution is 5.98. The average molecular weight is 396 g/mol. The highest BCUT2D eigenvalue weighted by Crippen LogP contribution is 2.44. The van der Waals surface area contributed by atoms with Crippen LogP contribution in [0.15, 0.2) is 55.0 Å². The molecule has 1 aromatic carbocycles. The van der Waals surface area contributed by atoms with Gasteiger partial charge in [-0.15, -0.1) is 0 Å². The number of H-pyrrole nitrogens is 1. The summed E-state index contributed by atoms with van der Waals surface area (Å²) >= 11 is 0. The summed E-state index contributed by atoms with van der Waals surface area (Å²) in [6.45, 7) is 3.29. The van der Waals surface area contributed by atoms with Crippen molar-refractivity contribution in [2.75, 3.05) is 6.54 Å². The van der Waals surface area contributed by atoms with Gasteiger partial charge in [0.25, 0.3) is 5.91 Å². The number of amides is 1. The lowest BCUT2D eigenvalue weighted by Gasteiger charge is -2.28. The summed E-state index contributed by atoms with van der Waals surface area (Å²) < 4.78 is 2.17. The number of fused-ring (bicyclic) bond motifs is 3. The average Bonchev–Trinajstić information content (AvgIpc) is 3.34. The van der Waals surface area contributed by atoms with Crippen LogP contribution in [0.5, 0.6) is 0 Å². The number of nitrogens with one attached hydrogen (secondary N) is 1. The van der Waals surface area contributed by atoms with E-state index in [9.17, 15) is 4.79 Å². The van der Waals surface area contributed by atoms with Gasteiger partial charge in [0, 0.05) is 24.4 Å². The van der Waals surface area contributed by atoms with Crippen LogP contribution in [0.1, 0.15) is 56.5 Å². The minimum absolute atomic E-state index is 0.116. The lowest BCUT2D eigenvalue weighted by molar-refractivity contribution is 0.0717. The van der Waals surface area contributed by atoms with Gasteiger partial charge >= 0.3 is 0 Å². The molecule has 0 fully saturated rings. The van der Waals surface area contributed by atoms with Crippen LogP contribution >= 0.6 is 0 Å². The van der Waals surface area contributed by atoms with E-state index in [-0.39, 0.29) is 5.91 Å². The third-order valence-corrected chi connectivity index (χ3v) is 6.83. The Bertz CT molecular complexity index is 1270. The van der Waals surface area contributed by atoms with E-state index in [0.717, 1.165) is 42.9 Å². The molecule has 30 heavy (non-hydrogen) atoms. The predicted octanol–water partition coefficient (Wildman–Crippen LogP) is 4.25. The topological polar surface area (TPSA) is 53.4 Å². The Hall–Kier alpha value is -3.34. The molecule has 5 nitrogen and oxygen atoms in total. The van der Waals surface area contributed by atoms with Crippen molar-refractivity contribution < 1.29 is 4.79 Å². The molecule has 6 rings (SSSR count). The second-order valence-electron chi connectivity index (χ2n) is 8.45. The first-order valence-corrected chi connectivity index (χ1v) is 10.7. The fraction of sp³-hybridized carbons (Fsp3) is 0.280. The molecule has 3 aromatic heterocycles. The summed E-state index contributed by atoms with van der Waals surface area (Å²) in [6, 6.07) is 15.1. The minimum atomic E-state index is 0.116. The van der Waals surface area contributed by atoms with E-state index in [1.54, 1.807) is 6.33 Å². The highest BCUT2D eigenvalue weighted by Gasteiger charge is 2.36. The number of nitrogens with zero attached hydrogens (tertiary/aromatic N) is 3. The van der Waals surface area contributed by atoms with Gasteiger partial charge in [0.1, 0.15) is 5.69 Å². The molecule has 4 heterocycles. The molecular weight excluding hydrogens is 372 g/mol. The number of rotatable bonds is 3. The Morgan fingerprint density at radius 1 is 1.13 bits per heavy atom. The molecule has 0 bridgehead atoms. The van der Waals surface area contributed by atoms with E-state index in [1.165, 1.54) is 27.8 Å². The normalized spacial score (nSPS) is 18.1. The lowest BCUT2D eigenvalue weighted by Crippen LogP contribution is -2.38. The smallest absolute Gasteiger partial charge is 0.271 e. The third-order valence-electron chi connectivity index (χ3n) is 6.83. The highest BCUT2D eigenvalue weighted by atomic mass is 16.2. The van der Waals surface area contributed by atoms with Crippen molar-refractivity contribution in [3.05, 3.63) is 94.3 Å². The van der Waals surface area contributed by atoms with Gasteiger partial charge in [0.05, 0.1) is 24.1 Å². The lowest BCUT2D eigenvalue weighted by atomic mass is 9.79. The summed E-state index contributed by atoms with van der Waals surface area (Å²) in [5.74, 6) is 0.471. The molecule has 1 unspecified atom stereocenters. The zero-order valence-electron chi connectivity index (χ0n) is 17.1. The maximum Gasteiger partial charge on any atom is 0.271 e. The quantitative estimate of drug-likeness (QED) is 0.563. The van der Waals surface area contributed by atoms with Gasteiger partial charge in [-0.05, 0) is 54.5 Å². The van der Waals surface area contributed by atoms with Crippen LogP contribution in [0, 0.1) is 6.92 Å². The van der Waals surface area contributed by atoms with Crippen molar-refractivity contribution in [2.24, 2.45) is 0 Å². The zero-order chi connectivity index (χ0) is 20.2. The molecule has 1 atom stereocenters.